The van der Waals surface area contributed by atoms with Gasteiger partial charge in [0.2, 0.25) is 0 Å². The monoisotopic (exact) mass is 300 g/mol. The van der Waals surface area contributed by atoms with Crippen molar-refractivity contribution in [2.45, 2.75) is 46.0 Å². The summed E-state index contributed by atoms with van der Waals surface area (Å²) < 4.78 is 5.42. The maximum atomic E-state index is 11.6. The average molecular weight is 300 g/mol. The van der Waals surface area contributed by atoms with Gasteiger partial charge in [-0.15, -0.1) is 0 Å². The number of rotatable bonds is 10. The molecule has 0 aliphatic heterocycles. The third-order valence-electron chi connectivity index (χ3n) is 3.77. The van der Waals surface area contributed by atoms with Gasteiger partial charge >= 0.3 is 12.0 Å². The highest BCUT2D eigenvalue weighted by molar-refractivity contribution is 5.74. The van der Waals surface area contributed by atoms with Crippen molar-refractivity contribution in [2.75, 3.05) is 26.3 Å². The molecule has 0 aromatic heterocycles. The molecule has 1 fully saturated rings. The van der Waals surface area contributed by atoms with E-state index in [1.165, 1.54) is 0 Å². The molecule has 0 atom stereocenters. The van der Waals surface area contributed by atoms with Crippen LogP contribution in [-0.2, 0) is 9.53 Å². The average Bonchev–Trinajstić information content (AvgIpc) is 2.36. The van der Waals surface area contributed by atoms with Crippen LogP contribution in [0, 0.1) is 11.3 Å². The van der Waals surface area contributed by atoms with Gasteiger partial charge in [0, 0.05) is 26.3 Å². The SMILES string of the molecule is CC(C)COCCCNC(=O)NCC1(CC(=O)O)CCC1. The first-order valence-electron chi connectivity index (χ1n) is 7.75. The number of carboxylic acid groups (broad SMARTS) is 1. The molecule has 0 aromatic carbocycles. The summed E-state index contributed by atoms with van der Waals surface area (Å²) in [5.74, 6) is -0.270. The highest BCUT2D eigenvalue weighted by Gasteiger charge is 2.39. The molecule has 1 rings (SSSR count). The van der Waals surface area contributed by atoms with Gasteiger partial charge < -0.3 is 20.5 Å². The Balaban J connectivity index is 2.07. The number of carboxylic acids is 1. The summed E-state index contributed by atoms with van der Waals surface area (Å²) in [6, 6.07) is -0.226. The zero-order valence-electron chi connectivity index (χ0n) is 13.1. The van der Waals surface area contributed by atoms with Crippen LogP contribution in [0.5, 0.6) is 0 Å². The molecular weight excluding hydrogens is 272 g/mol. The predicted octanol–water partition coefficient (Wildman–Crippen LogP) is 1.99. The zero-order valence-corrected chi connectivity index (χ0v) is 13.1. The van der Waals surface area contributed by atoms with Crippen LogP contribution in [-0.4, -0.2) is 43.4 Å². The van der Waals surface area contributed by atoms with Gasteiger partial charge in [-0.2, -0.15) is 0 Å². The molecule has 0 radical (unpaired) electrons. The van der Waals surface area contributed by atoms with Gasteiger partial charge in [-0.25, -0.2) is 4.79 Å². The first kappa shape index (κ1) is 17.8. The van der Waals surface area contributed by atoms with Gasteiger partial charge in [0.05, 0.1) is 6.42 Å². The van der Waals surface area contributed by atoms with Crippen LogP contribution in [0.1, 0.15) is 46.0 Å². The number of amides is 2. The largest absolute Gasteiger partial charge is 0.481 e. The lowest BCUT2D eigenvalue weighted by Crippen LogP contribution is -2.46. The Morgan fingerprint density at radius 3 is 2.52 bits per heavy atom. The maximum absolute atomic E-state index is 11.6. The lowest BCUT2D eigenvalue weighted by atomic mass is 9.66. The number of urea groups is 1. The Bertz CT molecular complexity index is 341. The Labute approximate surface area is 126 Å². The van der Waals surface area contributed by atoms with Crippen LogP contribution in [0.2, 0.25) is 0 Å². The van der Waals surface area contributed by atoms with Gasteiger partial charge in [-0.1, -0.05) is 20.3 Å². The predicted molar refractivity (Wildman–Crippen MR) is 80.2 cm³/mol. The molecule has 1 aliphatic rings. The molecule has 21 heavy (non-hydrogen) atoms. The molecule has 0 saturated heterocycles. The van der Waals surface area contributed by atoms with Crippen molar-refractivity contribution in [3.63, 3.8) is 0 Å². The number of nitrogens with one attached hydrogen (secondary N) is 2. The van der Waals surface area contributed by atoms with E-state index >= 15 is 0 Å². The molecule has 6 heteroatoms. The molecule has 1 aliphatic carbocycles. The van der Waals surface area contributed by atoms with Crippen molar-refractivity contribution in [1.82, 2.24) is 10.6 Å². The topological polar surface area (TPSA) is 87.7 Å². The molecule has 2 amide bonds. The van der Waals surface area contributed by atoms with E-state index in [0.29, 0.717) is 25.6 Å². The molecular formula is C15H28N2O4. The van der Waals surface area contributed by atoms with Crippen LogP contribution in [0.3, 0.4) is 0 Å². The summed E-state index contributed by atoms with van der Waals surface area (Å²) >= 11 is 0. The van der Waals surface area contributed by atoms with E-state index in [4.69, 9.17) is 9.84 Å². The van der Waals surface area contributed by atoms with E-state index in [0.717, 1.165) is 32.3 Å². The number of ether oxygens (including phenoxy) is 1. The minimum atomic E-state index is -0.792. The summed E-state index contributed by atoms with van der Waals surface area (Å²) in [6.07, 6.45) is 3.71. The number of carbonyl (C=O) groups excluding carboxylic acids is 1. The highest BCUT2D eigenvalue weighted by Crippen LogP contribution is 2.43. The Morgan fingerprint density at radius 2 is 2.00 bits per heavy atom. The van der Waals surface area contributed by atoms with Crippen molar-refractivity contribution in [1.29, 1.82) is 0 Å². The van der Waals surface area contributed by atoms with Gasteiger partial charge in [-0.05, 0) is 30.6 Å². The molecule has 1 saturated carbocycles. The fourth-order valence-corrected chi connectivity index (χ4v) is 2.44. The number of hydrogen-bond acceptors (Lipinski definition) is 3. The number of hydrogen-bond donors (Lipinski definition) is 3. The van der Waals surface area contributed by atoms with Crippen LogP contribution < -0.4 is 10.6 Å². The molecule has 6 nitrogen and oxygen atoms in total. The summed E-state index contributed by atoms with van der Waals surface area (Å²) in [6.45, 7) is 6.58. The molecule has 0 spiro atoms. The van der Waals surface area contributed by atoms with Crippen LogP contribution in [0.15, 0.2) is 0 Å². The molecule has 0 heterocycles. The standard InChI is InChI=1S/C15H28N2O4/c1-12(2)10-21-8-4-7-16-14(20)17-11-15(5-3-6-15)9-13(18)19/h12H,3-11H2,1-2H3,(H,18,19)(H2,16,17,20). The molecule has 122 valence electrons. The minimum absolute atomic E-state index is 0.135. The molecule has 0 bridgehead atoms. The smallest absolute Gasteiger partial charge is 0.314 e. The summed E-state index contributed by atoms with van der Waals surface area (Å²) in [5.41, 5.74) is -0.233. The van der Waals surface area contributed by atoms with E-state index in [-0.39, 0.29) is 17.9 Å². The number of carbonyl (C=O) groups is 2. The lowest BCUT2D eigenvalue weighted by Gasteiger charge is -2.40. The minimum Gasteiger partial charge on any atom is -0.481 e. The number of aliphatic carboxylic acids is 1. The van der Waals surface area contributed by atoms with Crippen molar-refractivity contribution in [2.24, 2.45) is 11.3 Å². The molecule has 3 N–H and O–H groups in total. The van der Waals surface area contributed by atoms with Crippen molar-refractivity contribution >= 4 is 12.0 Å². The Kier molecular flexibility index (Phi) is 7.50. The fourth-order valence-electron chi connectivity index (χ4n) is 2.44. The van der Waals surface area contributed by atoms with E-state index in [1.807, 2.05) is 0 Å². The molecule has 0 unspecified atom stereocenters. The van der Waals surface area contributed by atoms with E-state index in [2.05, 4.69) is 24.5 Å². The Hall–Kier alpha value is -1.30. The first-order chi connectivity index (χ1) is 9.93. The second kappa shape index (κ2) is 8.87. The van der Waals surface area contributed by atoms with Crippen LogP contribution in [0.4, 0.5) is 4.79 Å². The van der Waals surface area contributed by atoms with E-state index < -0.39 is 5.97 Å². The summed E-state index contributed by atoms with van der Waals surface area (Å²) in [7, 11) is 0. The highest BCUT2D eigenvalue weighted by atomic mass is 16.5. The normalized spacial score (nSPS) is 16.3. The second-order valence-corrected chi connectivity index (χ2v) is 6.36. The van der Waals surface area contributed by atoms with Gasteiger partial charge in [-0.3, -0.25) is 4.79 Å². The maximum Gasteiger partial charge on any atom is 0.314 e. The third kappa shape index (κ3) is 7.32. The zero-order chi connectivity index (χ0) is 15.7. The Morgan fingerprint density at radius 1 is 1.29 bits per heavy atom. The van der Waals surface area contributed by atoms with E-state index in [9.17, 15) is 9.59 Å². The fraction of sp³-hybridized carbons (Fsp3) is 0.867. The first-order valence-corrected chi connectivity index (χ1v) is 7.75. The molecule has 0 aromatic rings. The van der Waals surface area contributed by atoms with Crippen molar-refractivity contribution in [3.05, 3.63) is 0 Å². The van der Waals surface area contributed by atoms with E-state index in [1.54, 1.807) is 0 Å². The summed E-state index contributed by atoms with van der Waals surface area (Å²) in [5, 5.41) is 14.5. The quantitative estimate of drug-likeness (QED) is 0.538. The lowest BCUT2D eigenvalue weighted by molar-refractivity contribution is -0.141. The summed E-state index contributed by atoms with van der Waals surface area (Å²) in [4.78, 5) is 22.5. The van der Waals surface area contributed by atoms with Crippen LogP contribution in [0.25, 0.3) is 0 Å². The van der Waals surface area contributed by atoms with Gasteiger partial charge in [0.25, 0.3) is 0 Å². The second-order valence-electron chi connectivity index (χ2n) is 6.36. The van der Waals surface area contributed by atoms with Gasteiger partial charge in [0.15, 0.2) is 0 Å². The van der Waals surface area contributed by atoms with Crippen molar-refractivity contribution < 1.29 is 19.4 Å². The van der Waals surface area contributed by atoms with Gasteiger partial charge in [0.1, 0.15) is 0 Å². The van der Waals surface area contributed by atoms with Crippen LogP contribution >= 0.6 is 0 Å². The third-order valence-corrected chi connectivity index (χ3v) is 3.77. The van der Waals surface area contributed by atoms with Crippen molar-refractivity contribution in [3.8, 4) is 0 Å².